The zero-order chi connectivity index (χ0) is 19.2. The van der Waals surface area contributed by atoms with Crippen LogP contribution in [0, 0.1) is 0 Å². The van der Waals surface area contributed by atoms with Crippen LogP contribution >= 0.6 is 11.6 Å². The lowest BCUT2D eigenvalue weighted by Gasteiger charge is -2.15. The molecule has 2 rings (SSSR count). The Morgan fingerprint density at radius 3 is 2.36 bits per heavy atom. The number of hydrogen-bond acceptors (Lipinski definition) is 5. The Morgan fingerprint density at radius 1 is 1.32 bits per heavy atom. The SMILES string of the molecule is CCc1cc(Cl)c(-n2nc(C(F)(F)F)nc2N(C)C)cc1S(=O)(=O)O. The molecule has 0 saturated heterocycles. The standard InChI is InChI=1S/C13H14ClF3N4O3S/c1-4-7-5-8(14)9(6-10(7)25(22,23)24)21-12(20(2)3)18-11(19-21)13(15,16)17/h5-6H,4H2,1-3H3,(H,22,23,24). The summed E-state index contributed by atoms with van der Waals surface area (Å²) in [7, 11) is -1.72. The Kier molecular flexibility index (Phi) is 5.04. The molecule has 0 aliphatic rings. The molecule has 0 saturated carbocycles. The van der Waals surface area contributed by atoms with Crippen molar-refractivity contribution in [3.8, 4) is 5.69 Å². The molecule has 1 N–H and O–H groups in total. The molecule has 25 heavy (non-hydrogen) atoms. The van der Waals surface area contributed by atoms with E-state index in [1.54, 1.807) is 6.92 Å². The minimum Gasteiger partial charge on any atom is -0.347 e. The number of aryl methyl sites for hydroxylation is 1. The number of anilines is 1. The maximum absolute atomic E-state index is 12.9. The molecule has 1 heterocycles. The fourth-order valence-electron chi connectivity index (χ4n) is 2.14. The summed E-state index contributed by atoms with van der Waals surface area (Å²) in [6, 6.07) is 2.23. The van der Waals surface area contributed by atoms with E-state index >= 15 is 0 Å². The number of benzene rings is 1. The summed E-state index contributed by atoms with van der Waals surface area (Å²) in [5.41, 5.74) is 0.0667. The van der Waals surface area contributed by atoms with Crippen molar-refractivity contribution >= 4 is 27.7 Å². The third-order valence-electron chi connectivity index (χ3n) is 3.26. The molecule has 0 spiro atoms. The van der Waals surface area contributed by atoms with Crippen LogP contribution in [0.5, 0.6) is 0 Å². The molecule has 0 fully saturated rings. The second-order valence-corrected chi connectivity index (χ2v) is 7.08. The predicted octanol–water partition coefficient (Wildman–Crippen LogP) is 2.81. The van der Waals surface area contributed by atoms with Gasteiger partial charge in [0.25, 0.3) is 15.9 Å². The van der Waals surface area contributed by atoms with E-state index in [0.717, 1.165) is 10.7 Å². The molecule has 138 valence electrons. The van der Waals surface area contributed by atoms with Crippen LogP contribution in [-0.4, -0.2) is 41.8 Å². The number of nitrogens with zero attached hydrogens (tertiary/aromatic N) is 4. The molecule has 0 radical (unpaired) electrons. The van der Waals surface area contributed by atoms with Gasteiger partial charge >= 0.3 is 6.18 Å². The Hall–Kier alpha value is -1.85. The van der Waals surface area contributed by atoms with Crippen LogP contribution in [0.1, 0.15) is 18.3 Å². The molecule has 0 aliphatic heterocycles. The largest absolute Gasteiger partial charge is 0.453 e. The van der Waals surface area contributed by atoms with Crippen LogP contribution < -0.4 is 4.90 Å². The number of halogens is 4. The molecular formula is C13H14ClF3N4O3S. The van der Waals surface area contributed by atoms with E-state index in [2.05, 4.69) is 10.1 Å². The van der Waals surface area contributed by atoms with Gasteiger partial charge in [-0.3, -0.25) is 4.55 Å². The average molecular weight is 399 g/mol. The van der Waals surface area contributed by atoms with Gasteiger partial charge in [0.2, 0.25) is 5.95 Å². The molecule has 0 unspecified atom stereocenters. The highest BCUT2D eigenvalue weighted by Gasteiger charge is 2.38. The predicted molar refractivity (Wildman–Crippen MR) is 84.9 cm³/mol. The highest BCUT2D eigenvalue weighted by molar-refractivity contribution is 7.85. The topological polar surface area (TPSA) is 88.3 Å². The zero-order valence-corrected chi connectivity index (χ0v) is 14.9. The van der Waals surface area contributed by atoms with Gasteiger partial charge in [-0.15, -0.1) is 5.10 Å². The zero-order valence-electron chi connectivity index (χ0n) is 13.3. The van der Waals surface area contributed by atoms with E-state index in [0.29, 0.717) is 0 Å². The van der Waals surface area contributed by atoms with Crippen LogP contribution in [0.4, 0.5) is 19.1 Å². The quantitative estimate of drug-likeness (QED) is 0.797. The van der Waals surface area contributed by atoms with Crippen LogP contribution in [0.3, 0.4) is 0 Å². The first kappa shape index (κ1) is 19.5. The van der Waals surface area contributed by atoms with Gasteiger partial charge in [0, 0.05) is 14.1 Å². The number of rotatable bonds is 4. The minimum atomic E-state index is -4.79. The first-order valence-electron chi connectivity index (χ1n) is 6.88. The fraction of sp³-hybridized carbons (Fsp3) is 0.385. The normalized spacial score (nSPS) is 12.5. The monoisotopic (exact) mass is 398 g/mol. The second kappa shape index (κ2) is 6.46. The molecular weight excluding hydrogens is 385 g/mol. The Balaban J connectivity index is 2.80. The fourth-order valence-corrected chi connectivity index (χ4v) is 3.20. The van der Waals surface area contributed by atoms with Gasteiger partial charge in [-0.05, 0) is 24.1 Å². The van der Waals surface area contributed by atoms with Crippen molar-refractivity contribution < 1.29 is 26.1 Å². The third kappa shape index (κ3) is 3.88. The summed E-state index contributed by atoms with van der Waals surface area (Å²) in [4.78, 5) is 4.22. The number of hydrogen-bond donors (Lipinski definition) is 1. The van der Waals surface area contributed by atoms with E-state index in [9.17, 15) is 26.1 Å². The smallest absolute Gasteiger partial charge is 0.347 e. The first-order chi connectivity index (χ1) is 11.4. The highest BCUT2D eigenvalue weighted by Crippen LogP contribution is 2.33. The molecule has 1 aromatic heterocycles. The summed E-state index contributed by atoms with van der Waals surface area (Å²) < 4.78 is 72.0. The van der Waals surface area contributed by atoms with E-state index in [1.165, 1.54) is 25.1 Å². The summed E-state index contributed by atoms with van der Waals surface area (Å²) in [5, 5.41) is 3.35. The van der Waals surface area contributed by atoms with Crippen molar-refractivity contribution in [1.29, 1.82) is 0 Å². The van der Waals surface area contributed by atoms with Gasteiger partial charge in [0.1, 0.15) is 0 Å². The lowest BCUT2D eigenvalue weighted by molar-refractivity contribution is -0.144. The maximum atomic E-state index is 12.9. The van der Waals surface area contributed by atoms with Crippen molar-refractivity contribution in [2.24, 2.45) is 0 Å². The summed E-state index contributed by atoms with van der Waals surface area (Å²) in [6.07, 6.45) is -4.56. The van der Waals surface area contributed by atoms with Crippen molar-refractivity contribution in [3.05, 3.63) is 28.5 Å². The van der Waals surface area contributed by atoms with Crippen LogP contribution in [-0.2, 0) is 22.7 Å². The molecule has 1 aromatic carbocycles. The minimum absolute atomic E-state index is 0.0361. The molecule has 0 aliphatic carbocycles. The van der Waals surface area contributed by atoms with Crippen LogP contribution in [0.15, 0.2) is 17.0 Å². The third-order valence-corrected chi connectivity index (χ3v) is 4.50. The van der Waals surface area contributed by atoms with E-state index in [1.807, 2.05) is 0 Å². The lowest BCUT2D eigenvalue weighted by Crippen LogP contribution is -2.16. The Morgan fingerprint density at radius 2 is 1.92 bits per heavy atom. The van der Waals surface area contributed by atoms with Gasteiger partial charge in [0.05, 0.1) is 15.6 Å². The van der Waals surface area contributed by atoms with Gasteiger partial charge in [-0.1, -0.05) is 18.5 Å². The van der Waals surface area contributed by atoms with E-state index in [4.69, 9.17) is 11.6 Å². The van der Waals surface area contributed by atoms with Crippen LogP contribution in [0.25, 0.3) is 5.69 Å². The van der Waals surface area contributed by atoms with E-state index in [-0.39, 0.29) is 28.6 Å². The van der Waals surface area contributed by atoms with Crippen molar-refractivity contribution in [2.75, 3.05) is 19.0 Å². The van der Waals surface area contributed by atoms with Crippen LogP contribution in [0.2, 0.25) is 5.02 Å². The van der Waals surface area contributed by atoms with Gasteiger partial charge in [0.15, 0.2) is 0 Å². The molecule has 0 bridgehead atoms. The van der Waals surface area contributed by atoms with Crippen molar-refractivity contribution in [1.82, 2.24) is 14.8 Å². The van der Waals surface area contributed by atoms with Gasteiger partial charge in [-0.2, -0.15) is 31.3 Å². The Bertz CT molecular complexity index is 910. The lowest BCUT2D eigenvalue weighted by atomic mass is 10.1. The first-order valence-corrected chi connectivity index (χ1v) is 8.70. The molecule has 2 aromatic rings. The highest BCUT2D eigenvalue weighted by atomic mass is 35.5. The molecule has 7 nitrogen and oxygen atoms in total. The summed E-state index contributed by atoms with van der Waals surface area (Å²) in [6.45, 7) is 1.64. The summed E-state index contributed by atoms with van der Waals surface area (Å²) in [5.74, 6) is -1.61. The van der Waals surface area contributed by atoms with E-state index < -0.39 is 27.0 Å². The van der Waals surface area contributed by atoms with Crippen molar-refractivity contribution in [2.45, 2.75) is 24.4 Å². The van der Waals surface area contributed by atoms with Crippen molar-refractivity contribution in [3.63, 3.8) is 0 Å². The maximum Gasteiger partial charge on any atom is 0.453 e. The number of alkyl halides is 3. The average Bonchev–Trinajstić information content (AvgIpc) is 2.90. The van der Waals surface area contributed by atoms with Gasteiger partial charge in [-0.25, -0.2) is 0 Å². The molecule has 0 atom stereocenters. The molecule has 12 heteroatoms. The van der Waals surface area contributed by atoms with Gasteiger partial charge < -0.3 is 4.90 Å². The summed E-state index contributed by atoms with van der Waals surface area (Å²) >= 11 is 6.10. The number of aromatic nitrogens is 3. The molecule has 0 amide bonds. The second-order valence-electron chi connectivity index (χ2n) is 5.28. The Labute approximate surface area is 146 Å².